The molecule has 1 aromatic heterocycles. The fourth-order valence-corrected chi connectivity index (χ4v) is 3.59. The zero-order valence-corrected chi connectivity index (χ0v) is 14.4. The molecule has 0 saturated heterocycles. The number of amides is 1. The van der Waals surface area contributed by atoms with Crippen molar-refractivity contribution in [3.63, 3.8) is 0 Å². The summed E-state index contributed by atoms with van der Waals surface area (Å²) in [5.41, 5.74) is 0.660. The predicted molar refractivity (Wildman–Crippen MR) is 85.4 cm³/mol. The van der Waals surface area contributed by atoms with Crippen molar-refractivity contribution in [1.29, 1.82) is 0 Å². The van der Waals surface area contributed by atoms with E-state index in [4.69, 9.17) is 4.42 Å². The molecule has 9 heteroatoms. The molecule has 8 nitrogen and oxygen atoms in total. The van der Waals surface area contributed by atoms with Gasteiger partial charge < -0.3 is 4.42 Å². The molecular weight excluding hydrogens is 336 g/mol. The van der Waals surface area contributed by atoms with E-state index in [0.29, 0.717) is 17.1 Å². The molecule has 1 aromatic carbocycles. The minimum atomic E-state index is -4.17. The molecule has 2 rings (SSSR count). The first-order valence-corrected chi connectivity index (χ1v) is 8.41. The largest absolute Gasteiger partial charge is 0.466 e. The smallest absolute Gasteiger partial charge is 0.269 e. The second-order valence-corrected chi connectivity index (χ2v) is 7.01. The van der Waals surface area contributed by atoms with Crippen LogP contribution in [0.15, 0.2) is 27.5 Å². The van der Waals surface area contributed by atoms with Crippen molar-refractivity contribution in [3.8, 4) is 0 Å². The first kappa shape index (κ1) is 17.7. The van der Waals surface area contributed by atoms with Crippen molar-refractivity contribution < 1.29 is 22.6 Å². The van der Waals surface area contributed by atoms with Gasteiger partial charge in [-0.3, -0.25) is 14.9 Å². The van der Waals surface area contributed by atoms with Crippen LogP contribution in [0.3, 0.4) is 0 Å². The molecule has 0 aliphatic carbocycles. The summed E-state index contributed by atoms with van der Waals surface area (Å²) >= 11 is 0. The number of furan rings is 1. The number of non-ortho nitro benzene ring substituents is 1. The lowest BCUT2D eigenvalue weighted by Crippen LogP contribution is -2.31. The zero-order chi connectivity index (χ0) is 18.2. The van der Waals surface area contributed by atoms with E-state index in [1.807, 2.05) is 4.72 Å². The molecule has 128 valence electrons. The van der Waals surface area contributed by atoms with Crippen molar-refractivity contribution in [2.45, 2.75) is 32.6 Å². The highest BCUT2D eigenvalue weighted by atomic mass is 32.2. The Balaban J connectivity index is 2.38. The van der Waals surface area contributed by atoms with Gasteiger partial charge in [0.15, 0.2) is 0 Å². The number of carbonyl (C=O) groups is 1. The Morgan fingerprint density at radius 2 is 1.79 bits per heavy atom. The van der Waals surface area contributed by atoms with Crippen molar-refractivity contribution in [2.75, 3.05) is 0 Å². The molecule has 0 atom stereocenters. The standard InChI is InChI=1S/C15H16N2O6S/c1-8-7-12(17(19)20)5-6-13(8)24(21,22)16-15(18)14-9(2)10(3)23-11(14)4/h5-7H,1-4H3,(H,16,18). The molecule has 1 heterocycles. The molecule has 0 aliphatic rings. The number of aryl methyl sites for hydroxylation is 3. The maximum Gasteiger partial charge on any atom is 0.269 e. The van der Waals surface area contributed by atoms with E-state index in [9.17, 15) is 23.3 Å². The highest BCUT2D eigenvalue weighted by Gasteiger charge is 2.26. The molecule has 0 bridgehead atoms. The van der Waals surface area contributed by atoms with Crippen LogP contribution in [-0.4, -0.2) is 19.2 Å². The van der Waals surface area contributed by atoms with Crippen molar-refractivity contribution in [2.24, 2.45) is 0 Å². The maximum atomic E-state index is 12.4. The quantitative estimate of drug-likeness (QED) is 0.667. The first-order chi connectivity index (χ1) is 11.0. The van der Waals surface area contributed by atoms with Crippen LogP contribution in [0.5, 0.6) is 0 Å². The van der Waals surface area contributed by atoms with E-state index in [0.717, 1.165) is 18.2 Å². The number of nitro groups is 1. The van der Waals surface area contributed by atoms with Crippen LogP contribution in [0.2, 0.25) is 0 Å². The zero-order valence-electron chi connectivity index (χ0n) is 13.5. The van der Waals surface area contributed by atoms with Crippen LogP contribution >= 0.6 is 0 Å². The molecule has 24 heavy (non-hydrogen) atoms. The summed E-state index contributed by atoms with van der Waals surface area (Å²) in [5, 5.41) is 10.7. The Hall–Kier alpha value is -2.68. The average Bonchev–Trinajstić information content (AvgIpc) is 2.70. The van der Waals surface area contributed by atoms with E-state index >= 15 is 0 Å². The highest BCUT2D eigenvalue weighted by molar-refractivity contribution is 7.90. The van der Waals surface area contributed by atoms with Gasteiger partial charge in [-0.1, -0.05) is 0 Å². The molecule has 2 aromatic rings. The molecule has 0 radical (unpaired) electrons. The minimum absolute atomic E-state index is 0.163. The SMILES string of the molecule is Cc1cc([N+](=O)[O-])ccc1S(=O)(=O)NC(=O)c1c(C)oc(C)c1C. The lowest BCUT2D eigenvalue weighted by Gasteiger charge is -2.09. The molecule has 0 saturated carbocycles. The average molecular weight is 352 g/mol. The van der Waals surface area contributed by atoms with Gasteiger partial charge in [0.2, 0.25) is 0 Å². The summed E-state index contributed by atoms with van der Waals surface area (Å²) in [7, 11) is -4.17. The third-order valence-electron chi connectivity index (χ3n) is 3.67. The number of hydrogen-bond donors (Lipinski definition) is 1. The van der Waals surface area contributed by atoms with Gasteiger partial charge in [-0.25, -0.2) is 13.1 Å². The van der Waals surface area contributed by atoms with Crippen molar-refractivity contribution in [1.82, 2.24) is 4.72 Å². The Kier molecular flexibility index (Phi) is 4.48. The van der Waals surface area contributed by atoms with Crippen LogP contribution in [0, 0.1) is 37.8 Å². The van der Waals surface area contributed by atoms with Crippen molar-refractivity contribution in [3.05, 3.63) is 56.5 Å². The minimum Gasteiger partial charge on any atom is -0.466 e. The van der Waals surface area contributed by atoms with Gasteiger partial charge in [0.25, 0.3) is 21.6 Å². The number of benzene rings is 1. The van der Waals surface area contributed by atoms with E-state index in [1.165, 1.54) is 6.92 Å². The fourth-order valence-electron chi connectivity index (χ4n) is 2.40. The van der Waals surface area contributed by atoms with E-state index in [-0.39, 0.29) is 21.7 Å². The van der Waals surface area contributed by atoms with Gasteiger partial charge in [0.05, 0.1) is 15.4 Å². The van der Waals surface area contributed by atoms with Crippen LogP contribution in [0.1, 0.15) is 33.0 Å². The summed E-state index contributed by atoms with van der Waals surface area (Å²) in [5.74, 6) is 0.0410. The van der Waals surface area contributed by atoms with Gasteiger partial charge >= 0.3 is 0 Å². The molecular formula is C15H16N2O6S. The third kappa shape index (κ3) is 3.16. The Morgan fingerprint density at radius 1 is 1.17 bits per heavy atom. The topological polar surface area (TPSA) is 120 Å². The summed E-state index contributed by atoms with van der Waals surface area (Å²) in [4.78, 5) is 22.2. The van der Waals surface area contributed by atoms with E-state index in [1.54, 1.807) is 20.8 Å². The maximum absolute atomic E-state index is 12.4. The lowest BCUT2D eigenvalue weighted by atomic mass is 10.1. The van der Waals surface area contributed by atoms with Crippen LogP contribution in [-0.2, 0) is 10.0 Å². The second kappa shape index (κ2) is 6.08. The van der Waals surface area contributed by atoms with Crippen LogP contribution in [0.25, 0.3) is 0 Å². The van der Waals surface area contributed by atoms with Gasteiger partial charge in [-0.05, 0) is 39.3 Å². The van der Waals surface area contributed by atoms with Gasteiger partial charge in [-0.15, -0.1) is 0 Å². The summed E-state index contributed by atoms with van der Waals surface area (Å²) in [6.07, 6.45) is 0. The number of nitrogens with one attached hydrogen (secondary N) is 1. The van der Waals surface area contributed by atoms with Crippen LogP contribution in [0.4, 0.5) is 5.69 Å². The number of sulfonamides is 1. The molecule has 1 N–H and O–H groups in total. The molecule has 0 fully saturated rings. The van der Waals surface area contributed by atoms with Gasteiger partial charge in [0.1, 0.15) is 11.5 Å². The number of rotatable bonds is 4. The molecule has 0 aliphatic heterocycles. The van der Waals surface area contributed by atoms with E-state index < -0.39 is 20.9 Å². The summed E-state index contributed by atoms with van der Waals surface area (Å²) < 4.78 is 32.1. The Bertz CT molecular complexity index is 943. The number of nitro benzene ring substituents is 1. The van der Waals surface area contributed by atoms with Crippen LogP contribution < -0.4 is 4.72 Å². The molecule has 0 spiro atoms. The fraction of sp³-hybridized carbons (Fsp3) is 0.267. The predicted octanol–water partition coefficient (Wildman–Crippen LogP) is 2.54. The summed E-state index contributed by atoms with van der Waals surface area (Å²) in [6, 6.07) is 3.31. The monoisotopic (exact) mass is 352 g/mol. The first-order valence-electron chi connectivity index (χ1n) is 6.93. The normalized spacial score (nSPS) is 11.3. The molecule has 0 unspecified atom stereocenters. The number of hydrogen-bond acceptors (Lipinski definition) is 6. The Labute approximate surface area is 138 Å². The second-order valence-electron chi connectivity index (χ2n) is 5.36. The van der Waals surface area contributed by atoms with Gasteiger partial charge in [0, 0.05) is 17.7 Å². The Morgan fingerprint density at radius 3 is 2.25 bits per heavy atom. The molecule has 1 amide bonds. The lowest BCUT2D eigenvalue weighted by molar-refractivity contribution is -0.385. The van der Waals surface area contributed by atoms with Crippen molar-refractivity contribution >= 4 is 21.6 Å². The number of nitrogens with zero attached hydrogens (tertiary/aromatic N) is 1. The highest BCUT2D eigenvalue weighted by Crippen LogP contribution is 2.23. The third-order valence-corrected chi connectivity index (χ3v) is 5.17. The van der Waals surface area contributed by atoms with Gasteiger partial charge in [-0.2, -0.15) is 0 Å². The van der Waals surface area contributed by atoms with E-state index in [2.05, 4.69) is 0 Å². The number of carbonyl (C=O) groups excluding carboxylic acids is 1. The summed E-state index contributed by atoms with van der Waals surface area (Å²) in [6.45, 7) is 6.32.